The molecule has 0 saturated heterocycles. The lowest BCUT2D eigenvalue weighted by Gasteiger charge is -2.26. The Morgan fingerprint density at radius 3 is 2.68 bits per heavy atom. The maximum Gasteiger partial charge on any atom is 0.416 e. The topological polar surface area (TPSA) is 33.1 Å². The molecule has 0 unspecified atom stereocenters. The van der Waals surface area contributed by atoms with Crippen LogP contribution in [-0.2, 0) is 19.8 Å². The Hall–Kier alpha value is -2.09. The monoisotopic (exact) mass is 368 g/mol. The molecule has 3 rings (SSSR count). The highest BCUT2D eigenvalue weighted by Crippen LogP contribution is 2.32. The van der Waals surface area contributed by atoms with Crippen LogP contribution in [0.2, 0.25) is 0 Å². The average Bonchev–Trinajstić information content (AvgIpc) is 3.28. The van der Waals surface area contributed by atoms with Crippen molar-refractivity contribution in [2.24, 2.45) is 7.05 Å². The van der Waals surface area contributed by atoms with Crippen molar-refractivity contribution >= 4 is 23.0 Å². The second kappa shape index (κ2) is 6.67. The summed E-state index contributed by atoms with van der Waals surface area (Å²) in [5.41, 5.74) is 1.47. The van der Waals surface area contributed by atoms with Crippen LogP contribution in [0.15, 0.2) is 30.5 Å². The number of nitrogens with one attached hydrogen (secondary N) is 1. The lowest BCUT2D eigenvalue weighted by molar-refractivity contribution is -0.137. The summed E-state index contributed by atoms with van der Waals surface area (Å²) in [5.74, 6) is 0. The summed E-state index contributed by atoms with van der Waals surface area (Å²) in [6.07, 6.45) is -0.474. The van der Waals surface area contributed by atoms with Crippen molar-refractivity contribution in [2.75, 3.05) is 4.90 Å². The van der Waals surface area contributed by atoms with Crippen LogP contribution in [0, 0.1) is 6.92 Å². The van der Waals surface area contributed by atoms with Crippen LogP contribution in [0.1, 0.15) is 29.7 Å². The summed E-state index contributed by atoms with van der Waals surface area (Å²) in [6.45, 7) is 2.23. The van der Waals surface area contributed by atoms with Gasteiger partial charge >= 0.3 is 6.18 Å². The Morgan fingerprint density at radius 2 is 2.12 bits per heavy atom. The molecule has 4 nitrogen and oxygen atoms in total. The van der Waals surface area contributed by atoms with Gasteiger partial charge in [0, 0.05) is 30.5 Å². The van der Waals surface area contributed by atoms with Crippen LogP contribution in [0.25, 0.3) is 0 Å². The standard InChI is InChI=1S/C17H19F3N4S/c1-11-12(9-23(2)22-11)10-24(16(25)21-14-6-7-14)15-5-3-4-13(8-15)17(18,19)20/h3-5,8-9,14H,6-7,10H2,1-2H3,(H,21,25). The normalized spacial score (nSPS) is 14.4. The molecule has 2 aromatic rings. The van der Waals surface area contributed by atoms with Gasteiger partial charge in [0.15, 0.2) is 5.11 Å². The highest BCUT2D eigenvalue weighted by atomic mass is 32.1. The fourth-order valence-corrected chi connectivity index (χ4v) is 2.92. The molecule has 0 spiro atoms. The number of halogens is 3. The molecule has 1 aliphatic rings. The summed E-state index contributed by atoms with van der Waals surface area (Å²) in [4.78, 5) is 1.70. The first-order valence-electron chi connectivity index (χ1n) is 7.98. The van der Waals surface area contributed by atoms with E-state index in [1.165, 1.54) is 6.07 Å². The maximum absolute atomic E-state index is 13.1. The zero-order chi connectivity index (χ0) is 18.2. The molecule has 8 heteroatoms. The summed E-state index contributed by atoms with van der Waals surface area (Å²) in [6, 6.07) is 5.56. The van der Waals surface area contributed by atoms with E-state index in [-0.39, 0.29) is 0 Å². The molecule has 0 amide bonds. The molecule has 0 bridgehead atoms. The number of aromatic nitrogens is 2. The van der Waals surface area contributed by atoms with Gasteiger partial charge < -0.3 is 10.2 Å². The molecule has 1 aliphatic carbocycles. The van der Waals surface area contributed by atoms with Crippen molar-refractivity contribution in [3.63, 3.8) is 0 Å². The Morgan fingerprint density at radius 1 is 1.40 bits per heavy atom. The van der Waals surface area contributed by atoms with Crippen LogP contribution in [0.5, 0.6) is 0 Å². The zero-order valence-electron chi connectivity index (χ0n) is 14.0. The van der Waals surface area contributed by atoms with Crippen molar-refractivity contribution in [1.29, 1.82) is 0 Å². The third-order valence-electron chi connectivity index (χ3n) is 4.08. The molecule has 1 N–H and O–H groups in total. The van der Waals surface area contributed by atoms with Crippen molar-refractivity contribution in [3.8, 4) is 0 Å². The van der Waals surface area contributed by atoms with E-state index in [1.807, 2.05) is 20.2 Å². The van der Waals surface area contributed by atoms with Gasteiger partial charge in [0.25, 0.3) is 0 Å². The van der Waals surface area contributed by atoms with Crippen LogP contribution in [-0.4, -0.2) is 20.9 Å². The van der Waals surface area contributed by atoms with Crippen molar-refractivity contribution < 1.29 is 13.2 Å². The van der Waals surface area contributed by atoms with Gasteiger partial charge in [-0.2, -0.15) is 18.3 Å². The van der Waals surface area contributed by atoms with E-state index >= 15 is 0 Å². The minimum atomic E-state index is -4.39. The van der Waals surface area contributed by atoms with Crippen LogP contribution < -0.4 is 10.2 Å². The number of anilines is 1. The second-order valence-electron chi connectivity index (χ2n) is 6.27. The third kappa shape index (κ3) is 4.31. The Bertz CT molecular complexity index is 780. The van der Waals surface area contributed by atoms with Gasteiger partial charge in [0.2, 0.25) is 0 Å². The van der Waals surface area contributed by atoms with Crippen molar-refractivity contribution in [3.05, 3.63) is 47.3 Å². The number of alkyl halides is 3. The van der Waals surface area contributed by atoms with Gasteiger partial charge in [-0.3, -0.25) is 4.68 Å². The molecule has 0 aliphatic heterocycles. The van der Waals surface area contributed by atoms with Crippen molar-refractivity contribution in [1.82, 2.24) is 15.1 Å². The van der Waals surface area contributed by atoms with E-state index in [4.69, 9.17) is 12.2 Å². The van der Waals surface area contributed by atoms with Gasteiger partial charge in [-0.05, 0) is 50.2 Å². The number of nitrogens with zero attached hydrogens (tertiary/aromatic N) is 3. The van der Waals surface area contributed by atoms with E-state index in [9.17, 15) is 13.2 Å². The first kappa shape index (κ1) is 17.7. The van der Waals surface area contributed by atoms with Gasteiger partial charge in [-0.1, -0.05) is 6.07 Å². The fourth-order valence-electron chi connectivity index (χ4n) is 2.58. The number of rotatable bonds is 4. The smallest absolute Gasteiger partial charge is 0.360 e. The lowest BCUT2D eigenvalue weighted by Crippen LogP contribution is -2.40. The Kier molecular flexibility index (Phi) is 4.73. The van der Waals surface area contributed by atoms with Gasteiger partial charge in [0.1, 0.15) is 0 Å². The molecule has 1 fully saturated rings. The predicted octanol–water partition coefficient (Wildman–Crippen LogP) is 3.79. The Balaban J connectivity index is 1.92. The van der Waals surface area contributed by atoms with Gasteiger partial charge in [-0.15, -0.1) is 0 Å². The number of hydrogen-bond acceptors (Lipinski definition) is 2. The number of benzene rings is 1. The van der Waals surface area contributed by atoms with Crippen LogP contribution in [0.4, 0.5) is 18.9 Å². The number of aryl methyl sites for hydroxylation is 2. The molecule has 1 saturated carbocycles. The Labute approximate surface area is 149 Å². The minimum Gasteiger partial charge on any atom is -0.360 e. The van der Waals surface area contributed by atoms with Crippen molar-refractivity contribution in [2.45, 2.75) is 38.5 Å². The van der Waals surface area contributed by atoms with E-state index in [0.717, 1.165) is 36.2 Å². The SMILES string of the molecule is Cc1nn(C)cc1CN(C(=S)NC1CC1)c1cccc(C(F)(F)F)c1. The lowest BCUT2D eigenvalue weighted by atomic mass is 10.1. The molecule has 0 atom stereocenters. The molecule has 25 heavy (non-hydrogen) atoms. The first-order chi connectivity index (χ1) is 11.7. The van der Waals surface area contributed by atoms with Crippen LogP contribution >= 0.6 is 12.2 Å². The predicted molar refractivity (Wildman–Crippen MR) is 94.3 cm³/mol. The molecule has 1 heterocycles. The average molecular weight is 368 g/mol. The second-order valence-corrected chi connectivity index (χ2v) is 6.66. The molecule has 134 valence electrons. The first-order valence-corrected chi connectivity index (χ1v) is 8.39. The van der Waals surface area contributed by atoms with E-state index < -0.39 is 11.7 Å². The zero-order valence-corrected chi connectivity index (χ0v) is 14.8. The quantitative estimate of drug-likeness (QED) is 0.833. The summed E-state index contributed by atoms with van der Waals surface area (Å²) in [5, 5.41) is 7.93. The van der Waals surface area contributed by atoms with E-state index in [2.05, 4.69) is 10.4 Å². The van der Waals surface area contributed by atoms with Gasteiger partial charge in [0.05, 0.1) is 17.8 Å². The molecular formula is C17H19F3N4S. The summed E-state index contributed by atoms with van der Waals surface area (Å²) >= 11 is 5.47. The number of thiocarbonyl (C=S) groups is 1. The largest absolute Gasteiger partial charge is 0.416 e. The molecule has 1 aromatic heterocycles. The summed E-state index contributed by atoms with van der Waals surface area (Å²) < 4.78 is 40.9. The summed E-state index contributed by atoms with van der Waals surface area (Å²) in [7, 11) is 1.81. The van der Waals surface area contributed by atoms with E-state index in [0.29, 0.717) is 23.4 Å². The molecule has 1 aromatic carbocycles. The molecule has 0 radical (unpaired) electrons. The highest BCUT2D eigenvalue weighted by Gasteiger charge is 2.31. The fraction of sp³-hybridized carbons (Fsp3) is 0.412. The van der Waals surface area contributed by atoms with Gasteiger partial charge in [-0.25, -0.2) is 0 Å². The third-order valence-corrected chi connectivity index (χ3v) is 4.42. The minimum absolute atomic E-state index is 0.316. The highest BCUT2D eigenvalue weighted by molar-refractivity contribution is 7.80. The van der Waals surface area contributed by atoms with E-state index in [1.54, 1.807) is 15.6 Å². The maximum atomic E-state index is 13.1. The number of hydrogen-bond donors (Lipinski definition) is 1. The molecular weight excluding hydrogens is 349 g/mol. The van der Waals surface area contributed by atoms with Crippen LogP contribution in [0.3, 0.4) is 0 Å².